The highest BCUT2D eigenvalue weighted by molar-refractivity contribution is 5.74. The van der Waals surface area contributed by atoms with E-state index in [0.717, 1.165) is 5.56 Å². The molecule has 0 saturated carbocycles. The number of hydrogen-bond acceptors (Lipinski definition) is 3. The van der Waals surface area contributed by atoms with E-state index in [-0.39, 0.29) is 18.8 Å². The van der Waals surface area contributed by atoms with E-state index in [1.807, 2.05) is 0 Å². The minimum Gasteiger partial charge on any atom is -0.479 e. The third kappa shape index (κ3) is 6.14. The zero-order chi connectivity index (χ0) is 15.0. The highest BCUT2D eigenvalue weighted by Gasteiger charge is 2.12. The standard InChI is InChI=1S/C13H17FN2O4/c14-10-3-1-2-9(8-10)4-6-15-13(20)16-7-5-11(17)12(18)19/h1-3,8,11,17H,4-7H2,(H,18,19)(H2,15,16,20). The summed E-state index contributed by atoms with van der Waals surface area (Å²) in [5.41, 5.74) is 0.770. The van der Waals surface area contributed by atoms with E-state index in [0.29, 0.717) is 13.0 Å². The molecule has 1 aromatic carbocycles. The molecular weight excluding hydrogens is 267 g/mol. The number of carbonyl (C=O) groups excluding carboxylic acids is 1. The van der Waals surface area contributed by atoms with Crippen LogP contribution in [-0.2, 0) is 11.2 Å². The molecule has 1 unspecified atom stereocenters. The zero-order valence-electron chi connectivity index (χ0n) is 10.8. The molecule has 1 rings (SSSR count). The molecule has 0 bridgehead atoms. The second-order valence-corrected chi connectivity index (χ2v) is 4.21. The summed E-state index contributed by atoms with van der Waals surface area (Å²) in [7, 11) is 0. The number of carboxylic acid groups (broad SMARTS) is 1. The van der Waals surface area contributed by atoms with Gasteiger partial charge < -0.3 is 20.8 Å². The van der Waals surface area contributed by atoms with Crippen LogP contribution >= 0.6 is 0 Å². The molecule has 0 saturated heterocycles. The number of halogens is 1. The van der Waals surface area contributed by atoms with Crippen molar-refractivity contribution in [1.82, 2.24) is 10.6 Å². The molecule has 20 heavy (non-hydrogen) atoms. The largest absolute Gasteiger partial charge is 0.479 e. The maximum atomic E-state index is 12.9. The predicted octanol–water partition coefficient (Wildman–Crippen LogP) is 0.503. The average Bonchev–Trinajstić information content (AvgIpc) is 2.38. The van der Waals surface area contributed by atoms with E-state index < -0.39 is 18.1 Å². The fourth-order valence-corrected chi connectivity index (χ4v) is 1.52. The van der Waals surface area contributed by atoms with Gasteiger partial charge in [0, 0.05) is 19.5 Å². The SMILES string of the molecule is O=C(NCCc1cccc(F)c1)NCCC(O)C(=O)O. The lowest BCUT2D eigenvalue weighted by atomic mass is 10.1. The molecule has 2 amide bonds. The van der Waals surface area contributed by atoms with Crippen LogP contribution in [0.3, 0.4) is 0 Å². The summed E-state index contributed by atoms with van der Waals surface area (Å²) in [6, 6.07) is 5.63. The van der Waals surface area contributed by atoms with Crippen molar-refractivity contribution in [2.45, 2.75) is 18.9 Å². The molecular formula is C13H17FN2O4. The van der Waals surface area contributed by atoms with E-state index in [1.165, 1.54) is 12.1 Å². The van der Waals surface area contributed by atoms with Gasteiger partial charge in [-0.1, -0.05) is 12.1 Å². The van der Waals surface area contributed by atoms with Gasteiger partial charge in [0.2, 0.25) is 0 Å². The Hall–Kier alpha value is -2.15. The second-order valence-electron chi connectivity index (χ2n) is 4.21. The maximum absolute atomic E-state index is 12.9. The molecule has 110 valence electrons. The van der Waals surface area contributed by atoms with E-state index in [9.17, 15) is 14.0 Å². The van der Waals surface area contributed by atoms with Gasteiger partial charge in [-0.05, 0) is 24.1 Å². The number of urea groups is 1. The van der Waals surface area contributed by atoms with Gasteiger partial charge in [0.1, 0.15) is 5.82 Å². The Morgan fingerprint density at radius 1 is 1.25 bits per heavy atom. The zero-order valence-corrected chi connectivity index (χ0v) is 10.8. The van der Waals surface area contributed by atoms with Gasteiger partial charge in [-0.3, -0.25) is 0 Å². The van der Waals surface area contributed by atoms with E-state index in [4.69, 9.17) is 10.2 Å². The van der Waals surface area contributed by atoms with Crippen molar-refractivity contribution in [2.24, 2.45) is 0 Å². The Morgan fingerprint density at radius 3 is 2.60 bits per heavy atom. The monoisotopic (exact) mass is 284 g/mol. The lowest BCUT2D eigenvalue weighted by molar-refractivity contribution is -0.146. The van der Waals surface area contributed by atoms with Crippen molar-refractivity contribution in [3.05, 3.63) is 35.6 Å². The van der Waals surface area contributed by atoms with Gasteiger partial charge in [0.05, 0.1) is 0 Å². The molecule has 0 fully saturated rings. The Morgan fingerprint density at radius 2 is 1.95 bits per heavy atom. The highest BCUT2D eigenvalue weighted by atomic mass is 19.1. The summed E-state index contributed by atoms with van der Waals surface area (Å²) >= 11 is 0. The fourth-order valence-electron chi connectivity index (χ4n) is 1.52. The van der Waals surface area contributed by atoms with Crippen LogP contribution in [0.2, 0.25) is 0 Å². The molecule has 0 aliphatic carbocycles. The lowest BCUT2D eigenvalue weighted by Gasteiger charge is -2.09. The number of amides is 2. The number of nitrogens with one attached hydrogen (secondary N) is 2. The van der Waals surface area contributed by atoms with Gasteiger partial charge in [-0.25, -0.2) is 14.0 Å². The minimum absolute atomic E-state index is 0.0548. The van der Waals surface area contributed by atoms with Crippen LogP contribution in [0, 0.1) is 5.82 Å². The first-order chi connectivity index (χ1) is 9.49. The molecule has 0 aliphatic heterocycles. The predicted molar refractivity (Wildman–Crippen MR) is 69.8 cm³/mol. The van der Waals surface area contributed by atoms with Gasteiger partial charge in [-0.2, -0.15) is 0 Å². The Balaban J connectivity index is 2.16. The molecule has 1 atom stereocenters. The van der Waals surface area contributed by atoms with Crippen LogP contribution in [0.25, 0.3) is 0 Å². The molecule has 1 aromatic rings. The third-order valence-electron chi connectivity index (χ3n) is 2.58. The molecule has 7 heteroatoms. The molecule has 0 spiro atoms. The Bertz CT molecular complexity index is 467. The number of benzene rings is 1. The van der Waals surface area contributed by atoms with E-state index >= 15 is 0 Å². The summed E-state index contributed by atoms with van der Waals surface area (Å²) in [6.45, 7) is 0.385. The van der Waals surface area contributed by atoms with Crippen LogP contribution in [-0.4, -0.2) is 41.4 Å². The minimum atomic E-state index is -1.48. The summed E-state index contributed by atoms with van der Waals surface area (Å²) in [4.78, 5) is 21.6. The first-order valence-corrected chi connectivity index (χ1v) is 6.16. The van der Waals surface area contributed by atoms with Gasteiger partial charge in [0.25, 0.3) is 0 Å². The molecule has 4 N–H and O–H groups in total. The van der Waals surface area contributed by atoms with Crippen molar-refractivity contribution in [2.75, 3.05) is 13.1 Å². The van der Waals surface area contributed by atoms with Crippen molar-refractivity contribution in [3.8, 4) is 0 Å². The first kappa shape index (κ1) is 15.9. The molecule has 0 heterocycles. The van der Waals surface area contributed by atoms with Crippen molar-refractivity contribution in [1.29, 1.82) is 0 Å². The Labute approximate surface area is 115 Å². The topological polar surface area (TPSA) is 98.7 Å². The van der Waals surface area contributed by atoms with Crippen LogP contribution < -0.4 is 10.6 Å². The quantitative estimate of drug-likeness (QED) is 0.586. The number of aliphatic hydroxyl groups is 1. The summed E-state index contributed by atoms with van der Waals surface area (Å²) in [6.07, 6.45) is -1.06. The molecule has 0 radical (unpaired) electrons. The van der Waals surface area contributed by atoms with Crippen LogP contribution in [0.4, 0.5) is 9.18 Å². The third-order valence-corrected chi connectivity index (χ3v) is 2.58. The fraction of sp³-hybridized carbons (Fsp3) is 0.385. The van der Waals surface area contributed by atoms with Crippen LogP contribution in [0.1, 0.15) is 12.0 Å². The van der Waals surface area contributed by atoms with E-state index in [1.54, 1.807) is 12.1 Å². The van der Waals surface area contributed by atoms with Crippen molar-refractivity contribution in [3.63, 3.8) is 0 Å². The smallest absolute Gasteiger partial charge is 0.332 e. The molecule has 0 aromatic heterocycles. The lowest BCUT2D eigenvalue weighted by Crippen LogP contribution is -2.38. The number of rotatable bonds is 7. The van der Waals surface area contributed by atoms with Crippen molar-refractivity contribution < 1.29 is 24.2 Å². The van der Waals surface area contributed by atoms with Crippen LogP contribution in [0.15, 0.2) is 24.3 Å². The summed E-state index contributed by atoms with van der Waals surface area (Å²) in [5.74, 6) is -1.65. The van der Waals surface area contributed by atoms with Gasteiger partial charge in [0.15, 0.2) is 6.10 Å². The van der Waals surface area contributed by atoms with Crippen LogP contribution in [0.5, 0.6) is 0 Å². The van der Waals surface area contributed by atoms with Gasteiger partial charge in [-0.15, -0.1) is 0 Å². The van der Waals surface area contributed by atoms with Crippen molar-refractivity contribution >= 4 is 12.0 Å². The molecule has 6 nitrogen and oxygen atoms in total. The number of aliphatic carboxylic acids is 1. The first-order valence-electron chi connectivity index (χ1n) is 6.16. The summed E-state index contributed by atoms with van der Waals surface area (Å²) < 4.78 is 12.9. The normalized spacial score (nSPS) is 11.7. The number of aliphatic hydroxyl groups excluding tert-OH is 1. The number of carbonyl (C=O) groups is 2. The second kappa shape index (κ2) is 8.11. The molecule has 0 aliphatic rings. The maximum Gasteiger partial charge on any atom is 0.332 e. The van der Waals surface area contributed by atoms with E-state index in [2.05, 4.69) is 10.6 Å². The Kier molecular flexibility index (Phi) is 6.45. The number of hydrogen-bond donors (Lipinski definition) is 4. The average molecular weight is 284 g/mol. The van der Waals surface area contributed by atoms with Gasteiger partial charge >= 0.3 is 12.0 Å². The summed E-state index contributed by atoms with van der Waals surface area (Å²) in [5, 5.41) is 22.4. The highest BCUT2D eigenvalue weighted by Crippen LogP contribution is 2.03. The number of carboxylic acids is 1.